The summed E-state index contributed by atoms with van der Waals surface area (Å²) in [6, 6.07) is 11.1. The zero-order valence-electron chi connectivity index (χ0n) is 18.6. The Balaban J connectivity index is 2.04. The molecule has 0 aliphatic carbocycles. The molecular weight excluding hydrogens is 424 g/mol. The van der Waals surface area contributed by atoms with Gasteiger partial charge in [0.15, 0.2) is 16.6 Å². The Bertz CT molecular complexity index is 1100. The fourth-order valence-corrected chi connectivity index (χ4v) is 3.81. The third-order valence-electron chi connectivity index (χ3n) is 5.17. The van der Waals surface area contributed by atoms with Crippen molar-refractivity contribution in [3.8, 4) is 11.5 Å². The van der Waals surface area contributed by atoms with Gasteiger partial charge in [-0.15, -0.1) is 6.58 Å². The van der Waals surface area contributed by atoms with Crippen LogP contribution in [0.15, 0.2) is 54.6 Å². The number of amides is 2. The van der Waals surface area contributed by atoms with Crippen molar-refractivity contribution >= 4 is 40.9 Å². The van der Waals surface area contributed by atoms with Crippen molar-refractivity contribution in [1.29, 1.82) is 0 Å². The molecule has 1 aliphatic rings. The summed E-state index contributed by atoms with van der Waals surface area (Å²) in [5.41, 5.74) is 3.16. The van der Waals surface area contributed by atoms with E-state index in [4.69, 9.17) is 21.7 Å². The third-order valence-corrected chi connectivity index (χ3v) is 5.46. The smallest absolute Gasteiger partial charge is 0.270 e. The Morgan fingerprint density at radius 3 is 2.38 bits per heavy atom. The lowest BCUT2D eigenvalue weighted by atomic mass is 10.0. The van der Waals surface area contributed by atoms with Gasteiger partial charge in [-0.1, -0.05) is 32.1 Å². The second kappa shape index (κ2) is 9.78. The first-order valence-corrected chi connectivity index (χ1v) is 10.6. The maximum absolute atomic E-state index is 13.3. The second-order valence-corrected chi connectivity index (χ2v) is 8.00. The van der Waals surface area contributed by atoms with Gasteiger partial charge in [0.05, 0.1) is 19.9 Å². The van der Waals surface area contributed by atoms with Crippen molar-refractivity contribution in [2.24, 2.45) is 0 Å². The lowest BCUT2D eigenvalue weighted by Crippen LogP contribution is -2.54. The van der Waals surface area contributed by atoms with Gasteiger partial charge in [-0.3, -0.25) is 19.8 Å². The van der Waals surface area contributed by atoms with E-state index in [0.29, 0.717) is 35.1 Å². The lowest BCUT2D eigenvalue weighted by Gasteiger charge is -2.29. The molecule has 0 unspecified atom stereocenters. The van der Waals surface area contributed by atoms with Gasteiger partial charge in [-0.25, -0.2) is 0 Å². The molecular formula is C25H26N2O4S. The van der Waals surface area contributed by atoms with E-state index in [-0.39, 0.29) is 10.7 Å². The van der Waals surface area contributed by atoms with E-state index < -0.39 is 11.8 Å². The van der Waals surface area contributed by atoms with Crippen LogP contribution in [0.25, 0.3) is 6.08 Å². The maximum atomic E-state index is 13.3. The Kier molecular flexibility index (Phi) is 7.10. The Hall–Kier alpha value is -3.45. The largest absolute Gasteiger partial charge is 0.493 e. The first kappa shape index (κ1) is 23.2. The summed E-state index contributed by atoms with van der Waals surface area (Å²) in [5, 5.41) is 2.66. The predicted octanol–water partition coefficient (Wildman–Crippen LogP) is 4.39. The fourth-order valence-electron chi connectivity index (χ4n) is 3.52. The zero-order chi connectivity index (χ0) is 23.4. The van der Waals surface area contributed by atoms with Gasteiger partial charge in [0, 0.05) is 5.56 Å². The highest BCUT2D eigenvalue weighted by atomic mass is 32.1. The molecule has 1 fully saturated rings. The van der Waals surface area contributed by atoms with Crippen molar-refractivity contribution in [1.82, 2.24) is 5.32 Å². The third kappa shape index (κ3) is 4.57. The molecule has 166 valence electrons. The highest BCUT2D eigenvalue weighted by Crippen LogP contribution is 2.34. The SMILES string of the molecule is C=CCc1cc(/C=C2\C(=O)NC(=S)N(c3ccc(C(C)C)cc3)C2=O)cc(OC)c1OC. The van der Waals surface area contributed by atoms with Crippen molar-refractivity contribution in [3.63, 3.8) is 0 Å². The molecule has 2 aromatic carbocycles. The molecule has 2 amide bonds. The molecule has 2 aromatic rings. The molecule has 1 aliphatic heterocycles. The predicted molar refractivity (Wildman–Crippen MR) is 130 cm³/mol. The van der Waals surface area contributed by atoms with Gasteiger partial charge in [-0.2, -0.15) is 0 Å². The van der Waals surface area contributed by atoms with Crippen LogP contribution in [0.1, 0.15) is 36.5 Å². The number of allylic oxidation sites excluding steroid dienone is 1. The monoisotopic (exact) mass is 450 g/mol. The molecule has 32 heavy (non-hydrogen) atoms. The van der Waals surface area contributed by atoms with Crippen LogP contribution in [0.4, 0.5) is 5.69 Å². The van der Waals surface area contributed by atoms with E-state index >= 15 is 0 Å². The normalized spacial score (nSPS) is 15.2. The summed E-state index contributed by atoms with van der Waals surface area (Å²) in [4.78, 5) is 27.3. The van der Waals surface area contributed by atoms with E-state index in [9.17, 15) is 9.59 Å². The highest BCUT2D eigenvalue weighted by molar-refractivity contribution is 7.80. The minimum absolute atomic E-state index is 0.0247. The zero-order valence-corrected chi connectivity index (χ0v) is 19.4. The maximum Gasteiger partial charge on any atom is 0.270 e. The van der Waals surface area contributed by atoms with Crippen LogP contribution in [0, 0.1) is 0 Å². The quantitative estimate of drug-likeness (QED) is 0.293. The van der Waals surface area contributed by atoms with Crippen molar-refractivity contribution in [2.45, 2.75) is 26.2 Å². The summed E-state index contributed by atoms with van der Waals surface area (Å²) in [5.74, 6) is 0.408. The first-order valence-electron chi connectivity index (χ1n) is 10.2. The topological polar surface area (TPSA) is 67.9 Å². The molecule has 6 nitrogen and oxygen atoms in total. The number of carbonyl (C=O) groups is 2. The molecule has 0 aromatic heterocycles. The number of nitrogens with zero attached hydrogens (tertiary/aromatic N) is 1. The molecule has 7 heteroatoms. The molecule has 0 saturated carbocycles. The minimum atomic E-state index is -0.546. The average molecular weight is 451 g/mol. The molecule has 1 N–H and O–H groups in total. The fraction of sp³-hybridized carbons (Fsp3) is 0.240. The first-order chi connectivity index (χ1) is 15.3. The van der Waals surface area contributed by atoms with Crippen LogP contribution in [0.2, 0.25) is 0 Å². The molecule has 1 saturated heterocycles. The molecule has 0 atom stereocenters. The van der Waals surface area contributed by atoms with Gasteiger partial charge in [0.2, 0.25) is 0 Å². The van der Waals surface area contributed by atoms with Crippen molar-refractivity contribution < 1.29 is 19.1 Å². The van der Waals surface area contributed by atoms with Gasteiger partial charge < -0.3 is 9.47 Å². The van der Waals surface area contributed by atoms with E-state index in [1.165, 1.54) is 18.1 Å². The van der Waals surface area contributed by atoms with Crippen LogP contribution in [0.3, 0.4) is 0 Å². The Labute approximate surface area is 193 Å². The summed E-state index contributed by atoms with van der Waals surface area (Å²) in [6.45, 7) is 7.96. The lowest BCUT2D eigenvalue weighted by molar-refractivity contribution is -0.122. The van der Waals surface area contributed by atoms with Gasteiger partial charge >= 0.3 is 0 Å². The Morgan fingerprint density at radius 2 is 1.81 bits per heavy atom. The number of benzene rings is 2. The number of nitrogens with one attached hydrogen (secondary N) is 1. The molecule has 3 rings (SSSR count). The van der Waals surface area contributed by atoms with Crippen LogP contribution in [-0.2, 0) is 16.0 Å². The van der Waals surface area contributed by atoms with E-state index in [0.717, 1.165) is 11.1 Å². The number of thiocarbonyl (C=S) groups is 1. The highest BCUT2D eigenvalue weighted by Gasteiger charge is 2.34. The van der Waals surface area contributed by atoms with E-state index in [2.05, 4.69) is 25.7 Å². The average Bonchev–Trinajstić information content (AvgIpc) is 2.76. The number of carbonyl (C=O) groups excluding carboxylic acids is 2. The number of rotatable bonds is 7. The van der Waals surface area contributed by atoms with Gasteiger partial charge in [-0.05, 0) is 66.0 Å². The standard InChI is InChI=1S/C25H26N2O4S/c1-6-7-18-12-16(14-21(30-4)22(18)31-5)13-20-23(28)26-25(32)27(24(20)29)19-10-8-17(9-11-19)15(2)3/h6,8-15H,1,7H2,2-5H3,(H,26,28,32)/b20-13+. The van der Waals surface area contributed by atoms with E-state index in [1.54, 1.807) is 19.3 Å². The molecule has 1 heterocycles. The second-order valence-electron chi connectivity index (χ2n) is 7.61. The summed E-state index contributed by atoms with van der Waals surface area (Å²) >= 11 is 5.29. The van der Waals surface area contributed by atoms with Gasteiger partial charge in [0.1, 0.15) is 5.57 Å². The molecule has 0 spiro atoms. The number of anilines is 1. The van der Waals surface area contributed by atoms with Crippen molar-refractivity contribution in [3.05, 3.63) is 71.3 Å². The van der Waals surface area contributed by atoms with Crippen molar-refractivity contribution in [2.75, 3.05) is 19.1 Å². The Morgan fingerprint density at radius 1 is 1.12 bits per heavy atom. The van der Waals surface area contributed by atoms with Crippen LogP contribution >= 0.6 is 12.2 Å². The number of methoxy groups -OCH3 is 2. The van der Waals surface area contributed by atoms with Crippen LogP contribution in [0.5, 0.6) is 11.5 Å². The minimum Gasteiger partial charge on any atom is -0.493 e. The van der Waals surface area contributed by atoms with Crippen LogP contribution in [-0.4, -0.2) is 31.1 Å². The molecule has 0 radical (unpaired) electrons. The van der Waals surface area contributed by atoms with Crippen LogP contribution < -0.4 is 19.7 Å². The molecule has 0 bridgehead atoms. The summed E-state index contributed by atoms with van der Waals surface area (Å²) in [6.07, 6.45) is 3.81. The summed E-state index contributed by atoms with van der Waals surface area (Å²) in [7, 11) is 3.09. The summed E-state index contributed by atoms with van der Waals surface area (Å²) < 4.78 is 10.9. The number of hydrogen-bond donors (Lipinski definition) is 1. The van der Waals surface area contributed by atoms with E-state index in [1.807, 2.05) is 30.3 Å². The number of hydrogen-bond acceptors (Lipinski definition) is 5. The number of ether oxygens (including phenoxy) is 2. The van der Waals surface area contributed by atoms with Gasteiger partial charge in [0.25, 0.3) is 11.8 Å².